The van der Waals surface area contributed by atoms with Crippen molar-refractivity contribution < 1.29 is 0 Å². The Morgan fingerprint density at radius 3 is 0.383 bits per heavy atom. The summed E-state index contributed by atoms with van der Waals surface area (Å²) in [4.78, 5) is 11.1. The molecule has 0 aliphatic carbocycles. The molecule has 440 valence electrons. The van der Waals surface area contributed by atoms with Crippen molar-refractivity contribution in [3.05, 3.63) is 376 Å². The third kappa shape index (κ3) is 12.1. The fourth-order valence-corrected chi connectivity index (χ4v) is 13.1. The number of rotatable bonds is 14. The van der Waals surface area contributed by atoms with Crippen LogP contribution in [0.1, 0.15) is 0 Å². The molecule has 2 heterocycles. The van der Waals surface area contributed by atoms with E-state index in [9.17, 15) is 0 Å². The zero-order chi connectivity index (χ0) is 62.6. The summed E-state index contributed by atoms with van der Waals surface area (Å²) in [6, 6.07) is 136. The van der Waals surface area contributed by atoms with Crippen LogP contribution in [0.3, 0.4) is 0 Å². The number of benzene rings is 14. The van der Waals surface area contributed by atoms with Gasteiger partial charge < -0.3 is 0 Å². The first-order valence-electron chi connectivity index (χ1n) is 32.1. The second-order valence-corrected chi connectivity index (χ2v) is 24.2. The van der Waals surface area contributed by atoms with Crippen LogP contribution in [0.4, 0.5) is 0 Å². The molecule has 0 saturated carbocycles. The van der Waals surface area contributed by atoms with Gasteiger partial charge in [-0.25, -0.2) is 9.97 Å². The molecule has 0 amide bonds. The summed E-state index contributed by atoms with van der Waals surface area (Å²) in [7, 11) is 0. The number of fused-ring (bicyclic) bond motifs is 1. The lowest BCUT2D eigenvalue weighted by Crippen LogP contribution is -1.94. The molecule has 16 aromatic rings. The van der Waals surface area contributed by atoms with Crippen LogP contribution in [0, 0.1) is 0 Å². The zero-order valence-electron chi connectivity index (χ0n) is 51.7. The van der Waals surface area contributed by atoms with Crippen molar-refractivity contribution in [1.29, 1.82) is 0 Å². The SMILES string of the molecule is c1ccc(-c2cc(-c3ccccc3)cc(-c3cc(-c4cc(-c5ccccc5)cc(-c5ccccc5)c4)cc(-c4ccc5nc(-c6cc(-c7cc(-c8ccccc8)cc(-c8ccccc8)c7)cc(-c7cc(-c8ccccc8)cc(-c8ccccc8)c7)c6)ccc5n4)c3)c2)cc1. The average molecular weight is 1200 g/mol. The van der Waals surface area contributed by atoms with Gasteiger partial charge in [0.25, 0.3) is 0 Å². The standard InChI is InChI=1S/C92H62N2/c1-9-25-63(26-10-1)71-45-72(64-27-11-2-12-28-64)50-79(49-71)83-57-84(80-51-73(65-29-13-3-14-30-65)46-74(52-80)66-31-15-4-16-32-66)60-87(59-83)89-41-43-92-91(93-89)44-42-90(94-92)88-61-85(81-53-75(67-33-17-5-18-34-67)47-76(54-81)68-35-19-6-20-36-68)58-86(62-88)82-55-77(69-37-21-7-22-38-69)48-78(56-82)70-39-23-8-24-40-70/h1-62H. The van der Waals surface area contributed by atoms with Gasteiger partial charge in [0.05, 0.1) is 22.4 Å². The number of hydrogen-bond acceptors (Lipinski definition) is 2. The minimum absolute atomic E-state index is 0.811. The molecule has 0 bridgehead atoms. The van der Waals surface area contributed by atoms with Crippen molar-refractivity contribution in [2.75, 3.05) is 0 Å². The fourth-order valence-electron chi connectivity index (χ4n) is 13.1. The highest BCUT2D eigenvalue weighted by atomic mass is 14.8. The minimum Gasteiger partial charge on any atom is -0.246 e. The first-order chi connectivity index (χ1) is 46.5. The van der Waals surface area contributed by atoms with Crippen LogP contribution >= 0.6 is 0 Å². The van der Waals surface area contributed by atoms with E-state index < -0.39 is 0 Å². The van der Waals surface area contributed by atoms with Crippen LogP contribution in [0.15, 0.2) is 376 Å². The summed E-state index contributed by atoms with van der Waals surface area (Å²) in [5.41, 5.74) is 32.7. The van der Waals surface area contributed by atoms with Gasteiger partial charge in [-0.05, 0) is 267 Å². The predicted molar refractivity (Wildman–Crippen MR) is 396 cm³/mol. The molecule has 0 N–H and O–H groups in total. The normalized spacial score (nSPS) is 11.2. The van der Waals surface area contributed by atoms with Gasteiger partial charge in [-0.3, -0.25) is 0 Å². The monoisotopic (exact) mass is 1190 g/mol. The van der Waals surface area contributed by atoms with Gasteiger partial charge in [0.2, 0.25) is 0 Å². The van der Waals surface area contributed by atoms with Crippen LogP contribution < -0.4 is 0 Å². The molecule has 0 unspecified atom stereocenters. The Balaban J connectivity index is 0.863. The lowest BCUT2D eigenvalue weighted by atomic mass is 9.88. The number of pyridine rings is 2. The van der Waals surface area contributed by atoms with Gasteiger partial charge in [-0.2, -0.15) is 0 Å². The van der Waals surface area contributed by atoms with E-state index in [1.807, 2.05) is 0 Å². The van der Waals surface area contributed by atoms with Gasteiger partial charge in [-0.1, -0.05) is 243 Å². The van der Waals surface area contributed by atoms with E-state index in [1.165, 1.54) is 0 Å². The average Bonchev–Trinajstić information content (AvgIpc) is 0.808. The largest absolute Gasteiger partial charge is 0.246 e. The Labute approximate surface area is 549 Å². The van der Waals surface area contributed by atoms with E-state index in [-0.39, 0.29) is 0 Å². The molecular formula is C92H62N2. The number of aromatic nitrogens is 2. The zero-order valence-corrected chi connectivity index (χ0v) is 51.7. The molecule has 2 heteroatoms. The molecule has 94 heavy (non-hydrogen) atoms. The van der Waals surface area contributed by atoms with E-state index in [4.69, 9.17) is 9.97 Å². The maximum Gasteiger partial charge on any atom is 0.0894 e. The third-order valence-corrected chi connectivity index (χ3v) is 17.9. The number of nitrogens with zero attached hydrogens (tertiary/aromatic N) is 2. The smallest absolute Gasteiger partial charge is 0.0894 e. The summed E-state index contributed by atoms with van der Waals surface area (Å²) in [6.45, 7) is 0. The molecule has 14 aromatic carbocycles. The van der Waals surface area contributed by atoms with Crippen molar-refractivity contribution in [3.8, 4) is 156 Å². The molecule has 0 radical (unpaired) electrons. The summed E-state index contributed by atoms with van der Waals surface area (Å²) in [5, 5.41) is 0. The maximum atomic E-state index is 5.53. The lowest BCUT2D eigenvalue weighted by molar-refractivity contribution is 1.33. The summed E-state index contributed by atoms with van der Waals surface area (Å²) in [6.07, 6.45) is 0. The van der Waals surface area contributed by atoms with Crippen molar-refractivity contribution in [1.82, 2.24) is 9.97 Å². The van der Waals surface area contributed by atoms with Crippen LogP contribution in [-0.4, -0.2) is 9.97 Å². The Bertz CT molecular complexity index is 4500. The Morgan fingerprint density at radius 1 is 0.106 bits per heavy atom. The molecule has 0 aliphatic rings. The molecule has 0 spiro atoms. The van der Waals surface area contributed by atoms with E-state index in [0.29, 0.717) is 0 Å². The van der Waals surface area contributed by atoms with E-state index in [1.54, 1.807) is 0 Å². The molecule has 16 rings (SSSR count). The lowest BCUT2D eigenvalue weighted by Gasteiger charge is -2.16. The van der Waals surface area contributed by atoms with Crippen LogP contribution in [0.25, 0.3) is 167 Å². The predicted octanol–water partition coefficient (Wildman–Crippen LogP) is 25.0. The first-order valence-corrected chi connectivity index (χ1v) is 32.1. The Kier molecular flexibility index (Phi) is 15.4. The topological polar surface area (TPSA) is 25.8 Å². The van der Waals surface area contributed by atoms with Gasteiger partial charge in [-0.15, -0.1) is 0 Å². The second-order valence-electron chi connectivity index (χ2n) is 24.2. The molecule has 2 nitrogen and oxygen atoms in total. The highest BCUT2D eigenvalue weighted by molar-refractivity contribution is 5.92. The summed E-state index contributed by atoms with van der Waals surface area (Å²) in [5.74, 6) is 0. The molecule has 0 aliphatic heterocycles. The van der Waals surface area contributed by atoms with Crippen molar-refractivity contribution in [2.24, 2.45) is 0 Å². The molecule has 0 atom stereocenters. The first kappa shape index (κ1) is 56.8. The second kappa shape index (κ2) is 25.5. The molecule has 2 aromatic heterocycles. The van der Waals surface area contributed by atoms with Gasteiger partial charge in [0.15, 0.2) is 0 Å². The van der Waals surface area contributed by atoms with Crippen LogP contribution in [0.2, 0.25) is 0 Å². The molecule has 0 fully saturated rings. The highest BCUT2D eigenvalue weighted by Gasteiger charge is 2.18. The fraction of sp³-hybridized carbons (Fsp3) is 0. The van der Waals surface area contributed by atoms with E-state index >= 15 is 0 Å². The van der Waals surface area contributed by atoms with E-state index in [2.05, 4.69) is 376 Å². The summed E-state index contributed by atoms with van der Waals surface area (Å²) >= 11 is 0. The van der Waals surface area contributed by atoms with E-state index in [0.717, 1.165) is 167 Å². The van der Waals surface area contributed by atoms with Crippen molar-refractivity contribution in [3.63, 3.8) is 0 Å². The van der Waals surface area contributed by atoms with Crippen molar-refractivity contribution >= 4 is 11.0 Å². The molecular weight excluding hydrogens is 1130 g/mol. The third-order valence-electron chi connectivity index (χ3n) is 17.9. The summed E-state index contributed by atoms with van der Waals surface area (Å²) < 4.78 is 0. The number of hydrogen-bond donors (Lipinski definition) is 0. The van der Waals surface area contributed by atoms with Gasteiger partial charge >= 0.3 is 0 Å². The van der Waals surface area contributed by atoms with Gasteiger partial charge in [0, 0.05) is 11.1 Å². The minimum atomic E-state index is 0.811. The van der Waals surface area contributed by atoms with Crippen LogP contribution in [-0.2, 0) is 0 Å². The van der Waals surface area contributed by atoms with Crippen LogP contribution in [0.5, 0.6) is 0 Å². The Morgan fingerprint density at radius 2 is 0.234 bits per heavy atom. The maximum absolute atomic E-state index is 5.53. The van der Waals surface area contributed by atoms with Crippen molar-refractivity contribution in [2.45, 2.75) is 0 Å². The highest BCUT2D eigenvalue weighted by Crippen LogP contribution is 2.43. The molecule has 0 saturated heterocycles. The Hall–Kier alpha value is -12.4. The quantitative estimate of drug-likeness (QED) is 0.108. The van der Waals surface area contributed by atoms with Gasteiger partial charge in [0.1, 0.15) is 0 Å².